The zero-order valence-electron chi connectivity index (χ0n) is 30.2. The first-order chi connectivity index (χ1) is 27.8. The Hall–Kier alpha value is -7.21. The van der Waals surface area contributed by atoms with Crippen LogP contribution in [0.2, 0.25) is 0 Å². The van der Waals surface area contributed by atoms with Crippen molar-refractivity contribution in [2.45, 2.75) is 0 Å². The van der Waals surface area contributed by atoms with Gasteiger partial charge in [-0.25, -0.2) is 15.0 Å². The molecule has 4 nitrogen and oxygen atoms in total. The summed E-state index contributed by atoms with van der Waals surface area (Å²) in [4.78, 5) is 15.8. The predicted octanol–water partition coefficient (Wildman–Crippen LogP) is 13.7. The van der Waals surface area contributed by atoms with Crippen LogP contribution in [-0.2, 0) is 0 Å². The van der Waals surface area contributed by atoms with Gasteiger partial charge in [-0.1, -0.05) is 152 Å². The molecule has 3 aromatic heterocycles. The standard InChI is InChI=1S/C51H32N4S/c1-3-16-33(17-4-1)37-22-7-8-24-41(37)50-52-49(53-51(54-50)43-28-14-27-40-39-23-10-12-31-46(39)56-48(40)43)35-19-13-18-34(32-35)38-26-15-30-45-47(38)42-25-9-11-29-44(42)55(45)36-20-5-2-6-21-36/h1-32H. The van der Waals surface area contributed by atoms with Crippen molar-refractivity contribution in [2.75, 3.05) is 0 Å². The van der Waals surface area contributed by atoms with E-state index in [1.807, 2.05) is 6.07 Å². The molecule has 0 fully saturated rings. The average molecular weight is 733 g/mol. The molecule has 0 N–H and O–H groups in total. The molecule has 0 atom stereocenters. The second kappa shape index (κ2) is 13.3. The normalized spacial score (nSPS) is 11.6. The summed E-state index contributed by atoms with van der Waals surface area (Å²) in [5, 5.41) is 4.88. The Morgan fingerprint density at radius 3 is 1.77 bits per heavy atom. The third-order valence-corrected chi connectivity index (χ3v) is 11.9. The lowest BCUT2D eigenvalue weighted by Gasteiger charge is -2.13. The Kier molecular flexibility index (Phi) is 7.64. The van der Waals surface area contributed by atoms with E-state index < -0.39 is 0 Å². The number of rotatable bonds is 6. The molecule has 0 unspecified atom stereocenters. The molecule has 5 heteroatoms. The van der Waals surface area contributed by atoms with Crippen LogP contribution in [0.3, 0.4) is 0 Å². The van der Waals surface area contributed by atoms with Crippen molar-refractivity contribution in [1.29, 1.82) is 0 Å². The minimum atomic E-state index is 0.631. The first kappa shape index (κ1) is 32.2. The fourth-order valence-corrected chi connectivity index (χ4v) is 9.37. The van der Waals surface area contributed by atoms with Crippen molar-refractivity contribution < 1.29 is 0 Å². The highest BCUT2D eigenvalue weighted by atomic mass is 32.1. The van der Waals surface area contributed by atoms with Gasteiger partial charge in [-0.2, -0.15) is 0 Å². The molecule has 0 saturated heterocycles. The molecular formula is C51H32N4S. The summed E-state index contributed by atoms with van der Waals surface area (Å²) in [6.07, 6.45) is 0. The lowest BCUT2D eigenvalue weighted by Crippen LogP contribution is -2.01. The summed E-state index contributed by atoms with van der Waals surface area (Å²) >= 11 is 1.79. The van der Waals surface area contributed by atoms with E-state index in [4.69, 9.17) is 15.0 Å². The molecule has 0 spiro atoms. The fourth-order valence-electron chi connectivity index (χ4n) is 8.16. The van der Waals surface area contributed by atoms with Crippen LogP contribution in [0.5, 0.6) is 0 Å². The summed E-state index contributed by atoms with van der Waals surface area (Å²) in [6.45, 7) is 0. The van der Waals surface area contributed by atoms with E-state index in [0.717, 1.165) is 44.6 Å². The second-order valence-corrected chi connectivity index (χ2v) is 15.0. The highest BCUT2D eigenvalue weighted by molar-refractivity contribution is 7.26. The van der Waals surface area contributed by atoms with Crippen LogP contribution in [-0.4, -0.2) is 19.5 Å². The second-order valence-electron chi connectivity index (χ2n) is 14.0. The van der Waals surface area contributed by atoms with Crippen LogP contribution in [0.4, 0.5) is 0 Å². The van der Waals surface area contributed by atoms with E-state index in [1.54, 1.807) is 11.3 Å². The van der Waals surface area contributed by atoms with E-state index in [0.29, 0.717) is 17.5 Å². The van der Waals surface area contributed by atoms with Crippen molar-refractivity contribution >= 4 is 53.3 Å². The summed E-state index contributed by atoms with van der Waals surface area (Å²) in [5.74, 6) is 1.93. The molecular weight excluding hydrogens is 701 g/mol. The lowest BCUT2D eigenvalue weighted by atomic mass is 9.97. The van der Waals surface area contributed by atoms with Crippen molar-refractivity contribution in [3.63, 3.8) is 0 Å². The van der Waals surface area contributed by atoms with Crippen LogP contribution in [0.15, 0.2) is 194 Å². The minimum Gasteiger partial charge on any atom is -0.309 e. The van der Waals surface area contributed by atoms with E-state index in [9.17, 15) is 0 Å². The van der Waals surface area contributed by atoms with Crippen LogP contribution >= 0.6 is 11.3 Å². The molecule has 11 aromatic rings. The molecule has 0 bridgehead atoms. The number of nitrogens with zero attached hydrogens (tertiary/aromatic N) is 4. The number of aromatic nitrogens is 4. The van der Waals surface area contributed by atoms with Crippen molar-refractivity contribution in [1.82, 2.24) is 19.5 Å². The van der Waals surface area contributed by atoms with Crippen molar-refractivity contribution in [3.8, 4) is 62.1 Å². The quantitative estimate of drug-likeness (QED) is 0.171. The topological polar surface area (TPSA) is 43.6 Å². The molecule has 56 heavy (non-hydrogen) atoms. The largest absolute Gasteiger partial charge is 0.309 e. The van der Waals surface area contributed by atoms with Gasteiger partial charge in [-0.05, 0) is 64.7 Å². The van der Waals surface area contributed by atoms with Crippen molar-refractivity contribution in [2.24, 2.45) is 0 Å². The summed E-state index contributed by atoms with van der Waals surface area (Å²) < 4.78 is 4.78. The minimum absolute atomic E-state index is 0.631. The SMILES string of the molecule is c1ccc(-c2ccccc2-c2nc(-c3cccc(-c4cccc5c4c4ccccc4n5-c4ccccc4)c3)nc(-c3cccc4c3sc3ccccc34)n2)cc1. The van der Waals surface area contributed by atoms with Gasteiger partial charge in [0.05, 0.1) is 11.0 Å². The molecule has 262 valence electrons. The zero-order valence-corrected chi connectivity index (χ0v) is 31.0. The molecule has 3 heterocycles. The van der Waals surface area contributed by atoms with Gasteiger partial charge in [-0.15, -0.1) is 11.3 Å². The van der Waals surface area contributed by atoms with Gasteiger partial charge in [-0.3, -0.25) is 0 Å². The fraction of sp³-hybridized carbons (Fsp3) is 0. The molecule has 8 aromatic carbocycles. The van der Waals surface area contributed by atoms with Gasteiger partial charge < -0.3 is 4.57 Å². The molecule has 0 amide bonds. The molecule has 0 aliphatic heterocycles. The average Bonchev–Trinajstić information content (AvgIpc) is 3.83. The monoisotopic (exact) mass is 732 g/mol. The van der Waals surface area contributed by atoms with Gasteiger partial charge in [0.25, 0.3) is 0 Å². The molecule has 0 radical (unpaired) electrons. The van der Waals surface area contributed by atoms with E-state index in [1.165, 1.54) is 42.0 Å². The smallest absolute Gasteiger partial charge is 0.165 e. The number of hydrogen-bond acceptors (Lipinski definition) is 4. The maximum absolute atomic E-state index is 5.29. The van der Waals surface area contributed by atoms with Crippen LogP contribution in [0.25, 0.3) is 104 Å². The number of hydrogen-bond donors (Lipinski definition) is 0. The van der Waals surface area contributed by atoms with E-state index >= 15 is 0 Å². The van der Waals surface area contributed by atoms with Gasteiger partial charge in [0, 0.05) is 53.3 Å². The van der Waals surface area contributed by atoms with Crippen LogP contribution in [0.1, 0.15) is 0 Å². The highest BCUT2D eigenvalue weighted by Crippen LogP contribution is 2.42. The Morgan fingerprint density at radius 1 is 0.357 bits per heavy atom. The third-order valence-electron chi connectivity index (χ3n) is 10.7. The zero-order chi connectivity index (χ0) is 37.0. The van der Waals surface area contributed by atoms with Crippen molar-refractivity contribution in [3.05, 3.63) is 194 Å². The van der Waals surface area contributed by atoms with Crippen LogP contribution in [0, 0.1) is 0 Å². The number of thiophene rings is 1. The lowest BCUT2D eigenvalue weighted by molar-refractivity contribution is 1.08. The van der Waals surface area contributed by atoms with Gasteiger partial charge in [0.15, 0.2) is 17.5 Å². The summed E-state index contributed by atoms with van der Waals surface area (Å²) in [7, 11) is 0. The first-order valence-corrected chi connectivity index (χ1v) is 19.6. The molecule has 11 rings (SSSR count). The molecule has 0 saturated carbocycles. The van der Waals surface area contributed by atoms with Gasteiger partial charge in [0.1, 0.15) is 0 Å². The van der Waals surface area contributed by atoms with E-state index in [-0.39, 0.29) is 0 Å². The predicted molar refractivity (Wildman–Crippen MR) is 234 cm³/mol. The summed E-state index contributed by atoms with van der Waals surface area (Å²) in [5.41, 5.74) is 10.8. The maximum Gasteiger partial charge on any atom is 0.165 e. The Labute approximate surface area is 327 Å². The van der Waals surface area contributed by atoms with Gasteiger partial charge >= 0.3 is 0 Å². The van der Waals surface area contributed by atoms with Gasteiger partial charge in [0.2, 0.25) is 0 Å². The number of para-hydroxylation sites is 2. The number of benzene rings is 8. The van der Waals surface area contributed by atoms with Crippen LogP contribution < -0.4 is 0 Å². The maximum atomic E-state index is 5.29. The Morgan fingerprint density at radius 2 is 0.911 bits per heavy atom. The first-order valence-electron chi connectivity index (χ1n) is 18.8. The molecule has 0 aliphatic rings. The Balaban J connectivity index is 1.13. The van der Waals surface area contributed by atoms with E-state index in [2.05, 4.69) is 193 Å². The highest BCUT2D eigenvalue weighted by Gasteiger charge is 2.20. The molecule has 0 aliphatic carbocycles. The third kappa shape index (κ3) is 5.32. The summed E-state index contributed by atoms with van der Waals surface area (Å²) in [6, 6.07) is 68.5. The number of fused-ring (bicyclic) bond motifs is 6. The Bertz CT molecular complexity index is 3250.